The molecule has 1 spiro atoms. The standard InChI is InChI=1S/C18H26N2O3/c1-2-7-19-15(3-1)12-22-17-11-18(23-13-17)6-8-20(14-18)16-4-9-21-10-5-16/h1-3,7,16-17H,4-6,8-14H2/t17-,18+/m0/s1. The number of hydrogen-bond acceptors (Lipinski definition) is 5. The molecule has 0 aromatic carbocycles. The van der Waals surface area contributed by atoms with Gasteiger partial charge in [-0.1, -0.05) is 6.07 Å². The first kappa shape index (κ1) is 15.5. The third-order valence-electron chi connectivity index (χ3n) is 5.42. The highest BCUT2D eigenvalue weighted by Crippen LogP contribution is 2.38. The van der Waals surface area contributed by atoms with Crippen LogP contribution in [0, 0.1) is 0 Å². The van der Waals surface area contributed by atoms with Gasteiger partial charge in [-0.15, -0.1) is 0 Å². The van der Waals surface area contributed by atoms with Crippen LogP contribution in [-0.4, -0.2) is 60.5 Å². The molecule has 4 heterocycles. The van der Waals surface area contributed by atoms with Crippen LogP contribution in [0.2, 0.25) is 0 Å². The van der Waals surface area contributed by atoms with Crippen LogP contribution < -0.4 is 0 Å². The molecule has 0 saturated carbocycles. The predicted octanol–water partition coefficient (Wildman–Crippen LogP) is 2.01. The normalized spacial score (nSPS) is 32.8. The largest absolute Gasteiger partial charge is 0.381 e. The Morgan fingerprint density at radius 2 is 2.22 bits per heavy atom. The number of ether oxygens (including phenoxy) is 3. The topological polar surface area (TPSA) is 43.8 Å². The predicted molar refractivity (Wildman–Crippen MR) is 86.1 cm³/mol. The van der Waals surface area contributed by atoms with Crippen LogP contribution in [0.3, 0.4) is 0 Å². The van der Waals surface area contributed by atoms with Crippen molar-refractivity contribution in [1.82, 2.24) is 9.88 Å². The summed E-state index contributed by atoms with van der Waals surface area (Å²) in [6, 6.07) is 6.62. The summed E-state index contributed by atoms with van der Waals surface area (Å²) in [5, 5.41) is 0. The van der Waals surface area contributed by atoms with E-state index >= 15 is 0 Å². The zero-order valence-corrected chi connectivity index (χ0v) is 13.7. The number of nitrogens with zero attached hydrogens (tertiary/aromatic N) is 2. The highest BCUT2D eigenvalue weighted by Gasteiger charge is 2.47. The summed E-state index contributed by atoms with van der Waals surface area (Å²) in [5.41, 5.74) is 1.01. The van der Waals surface area contributed by atoms with Crippen molar-refractivity contribution in [2.75, 3.05) is 32.9 Å². The fourth-order valence-corrected chi connectivity index (χ4v) is 4.12. The maximum absolute atomic E-state index is 6.21. The van der Waals surface area contributed by atoms with Crippen LogP contribution in [0.1, 0.15) is 31.4 Å². The van der Waals surface area contributed by atoms with Crippen molar-refractivity contribution in [3.8, 4) is 0 Å². The molecule has 5 heteroatoms. The Kier molecular flexibility index (Phi) is 4.62. The molecule has 23 heavy (non-hydrogen) atoms. The lowest BCUT2D eigenvalue weighted by molar-refractivity contribution is -0.00972. The lowest BCUT2D eigenvalue weighted by Crippen LogP contribution is -2.41. The Morgan fingerprint density at radius 1 is 1.30 bits per heavy atom. The molecule has 2 atom stereocenters. The summed E-state index contributed by atoms with van der Waals surface area (Å²) in [6.45, 7) is 5.32. The molecule has 4 rings (SSSR count). The van der Waals surface area contributed by atoms with E-state index in [0.717, 1.165) is 57.7 Å². The minimum atomic E-state index is 0.0209. The Bertz CT molecular complexity index is 506. The lowest BCUT2D eigenvalue weighted by atomic mass is 9.98. The van der Waals surface area contributed by atoms with E-state index in [0.29, 0.717) is 19.3 Å². The molecular weight excluding hydrogens is 292 g/mol. The first-order valence-corrected chi connectivity index (χ1v) is 8.80. The molecule has 3 aliphatic rings. The third-order valence-corrected chi connectivity index (χ3v) is 5.42. The van der Waals surface area contributed by atoms with E-state index in [1.54, 1.807) is 0 Å². The number of rotatable bonds is 4. The molecule has 0 amide bonds. The van der Waals surface area contributed by atoms with E-state index in [-0.39, 0.29) is 11.7 Å². The van der Waals surface area contributed by atoms with E-state index in [4.69, 9.17) is 14.2 Å². The Morgan fingerprint density at radius 3 is 3.04 bits per heavy atom. The number of aromatic nitrogens is 1. The molecule has 0 aliphatic carbocycles. The maximum atomic E-state index is 6.21. The van der Waals surface area contributed by atoms with Gasteiger partial charge in [-0.3, -0.25) is 9.88 Å². The summed E-state index contributed by atoms with van der Waals surface area (Å²) in [5.74, 6) is 0. The third kappa shape index (κ3) is 3.58. The van der Waals surface area contributed by atoms with Crippen LogP contribution in [-0.2, 0) is 20.8 Å². The van der Waals surface area contributed by atoms with Crippen molar-refractivity contribution in [3.05, 3.63) is 30.1 Å². The minimum Gasteiger partial charge on any atom is -0.381 e. The van der Waals surface area contributed by atoms with E-state index in [1.165, 1.54) is 0 Å². The van der Waals surface area contributed by atoms with Gasteiger partial charge in [0.2, 0.25) is 0 Å². The smallest absolute Gasteiger partial charge is 0.0892 e. The van der Waals surface area contributed by atoms with Gasteiger partial charge >= 0.3 is 0 Å². The van der Waals surface area contributed by atoms with Crippen LogP contribution in [0.5, 0.6) is 0 Å². The first-order chi connectivity index (χ1) is 11.3. The average Bonchev–Trinajstić information content (AvgIpc) is 3.22. The van der Waals surface area contributed by atoms with Gasteiger partial charge in [-0.05, 0) is 31.4 Å². The van der Waals surface area contributed by atoms with Crippen molar-refractivity contribution >= 4 is 0 Å². The van der Waals surface area contributed by atoms with E-state index in [2.05, 4.69) is 9.88 Å². The van der Waals surface area contributed by atoms with Gasteiger partial charge in [0.15, 0.2) is 0 Å². The fraction of sp³-hybridized carbons (Fsp3) is 0.722. The Labute approximate surface area is 137 Å². The summed E-state index contributed by atoms with van der Waals surface area (Å²) in [6.07, 6.45) is 6.49. The summed E-state index contributed by atoms with van der Waals surface area (Å²) in [7, 11) is 0. The number of likely N-dealkylation sites (tertiary alicyclic amines) is 1. The van der Waals surface area contributed by atoms with Crippen molar-refractivity contribution in [3.63, 3.8) is 0 Å². The van der Waals surface area contributed by atoms with Crippen LogP contribution in [0.15, 0.2) is 24.4 Å². The van der Waals surface area contributed by atoms with Gasteiger partial charge in [0.25, 0.3) is 0 Å². The molecule has 0 unspecified atom stereocenters. The molecule has 3 fully saturated rings. The summed E-state index contributed by atoms with van der Waals surface area (Å²) >= 11 is 0. The molecule has 0 bridgehead atoms. The van der Waals surface area contributed by atoms with Crippen molar-refractivity contribution in [1.29, 1.82) is 0 Å². The van der Waals surface area contributed by atoms with Gasteiger partial charge < -0.3 is 14.2 Å². The van der Waals surface area contributed by atoms with Gasteiger partial charge in [-0.25, -0.2) is 0 Å². The maximum Gasteiger partial charge on any atom is 0.0892 e. The first-order valence-electron chi connectivity index (χ1n) is 8.80. The SMILES string of the molecule is c1ccc(CO[C@@H]2CO[C@]3(CCN(C4CCOCC4)C3)C2)nc1. The molecule has 3 aliphatic heterocycles. The highest BCUT2D eigenvalue weighted by atomic mass is 16.6. The molecule has 3 saturated heterocycles. The number of hydrogen-bond donors (Lipinski definition) is 0. The summed E-state index contributed by atoms with van der Waals surface area (Å²) < 4.78 is 17.7. The van der Waals surface area contributed by atoms with Gasteiger partial charge in [-0.2, -0.15) is 0 Å². The lowest BCUT2D eigenvalue weighted by Gasteiger charge is -2.32. The molecule has 126 valence electrons. The second-order valence-corrected chi connectivity index (χ2v) is 7.02. The van der Waals surface area contributed by atoms with E-state index in [1.807, 2.05) is 24.4 Å². The molecular formula is C18H26N2O3. The second-order valence-electron chi connectivity index (χ2n) is 7.02. The molecule has 1 aromatic rings. The zero-order chi connectivity index (χ0) is 15.5. The van der Waals surface area contributed by atoms with E-state index < -0.39 is 0 Å². The highest BCUT2D eigenvalue weighted by molar-refractivity contribution is 5.03. The average molecular weight is 318 g/mol. The number of pyridine rings is 1. The Balaban J connectivity index is 1.28. The quantitative estimate of drug-likeness (QED) is 0.850. The molecule has 5 nitrogen and oxygen atoms in total. The van der Waals surface area contributed by atoms with Crippen LogP contribution in [0.4, 0.5) is 0 Å². The van der Waals surface area contributed by atoms with E-state index in [9.17, 15) is 0 Å². The molecule has 0 N–H and O–H groups in total. The fourth-order valence-electron chi connectivity index (χ4n) is 4.12. The Hall–Kier alpha value is -1.01. The van der Waals surface area contributed by atoms with Crippen LogP contribution in [0.25, 0.3) is 0 Å². The van der Waals surface area contributed by atoms with Crippen molar-refractivity contribution in [2.24, 2.45) is 0 Å². The van der Waals surface area contributed by atoms with Crippen molar-refractivity contribution in [2.45, 2.75) is 50.0 Å². The molecule has 0 radical (unpaired) electrons. The molecule has 1 aromatic heterocycles. The van der Waals surface area contributed by atoms with Gasteiger partial charge in [0.05, 0.1) is 30.6 Å². The second kappa shape index (κ2) is 6.85. The zero-order valence-electron chi connectivity index (χ0n) is 13.7. The van der Waals surface area contributed by atoms with Gasteiger partial charge in [0, 0.05) is 45.0 Å². The van der Waals surface area contributed by atoms with Gasteiger partial charge in [0.1, 0.15) is 0 Å². The van der Waals surface area contributed by atoms with Crippen molar-refractivity contribution < 1.29 is 14.2 Å². The monoisotopic (exact) mass is 318 g/mol. The summed E-state index contributed by atoms with van der Waals surface area (Å²) in [4.78, 5) is 6.93. The van der Waals surface area contributed by atoms with Crippen LogP contribution >= 0.6 is 0 Å². The minimum absolute atomic E-state index is 0.0209.